The van der Waals surface area contributed by atoms with Crippen LogP contribution in [0, 0.1) is 11.8 Å². The lowest BCUT2D eigenvalue weighted by Crippen LogP contribution is -2.40. The summed E-state index contributed by atoms with van der Waals surface area (Å²) in [5.41, 5.74) is 1.19. The van der Waals surface area contributed by atoms with E-state index >= 15 is 0 Å². The summed E-state index contributed by atoms with van der Waals surface area (Å²) in [6.07, 6.45) is 7.03. The summed E-state index contributed by atoms with van der Waals surface area (Å²) in [7, 11) is 0. The van der Waals surface area contributed by atoms with Crippen LogP contribution >= 0.6 is 0 Å². The quantitative estimate of drug-likeness (QED) is 0.863. The van der Waals surface area contributed by atoms with Crippen LogP contribution < -0.4 is 5.32 Å². The van der Waals surface area contributed by atoms with Crippen LogP contribution in [0.3, 0.4) is 0 Å². The molecule has 0 aromatic carbocycles. The van der Waals surface area contributed by atoms with Gasteiger partial charge in [-0.25, -0.2) is 0 Å². The van der Waals surface area contributed by atoms with Gasteiger partial charge in [0.05, 0.1) is 0 Å². The van der Waals surface area contributed by atoms with Crippen LogP contribution in [0.25, 0.3) is 0 Å². The molecule has 1 aliphatic carbocycles. The molecule has 2 heteroatoms. The summed E-state index contributed by atoms with van der Waals surface area (Å²) in [5, 5.41) is 3.71. The number of hydrogen-bond donors (Lipinski definition) is 1. The summed E-state index contributed by atoms with van der Waals surface area (Å²) < 4.78 is 0. The lowest BCUT2D eigenvalue weighted by Gasteiger charge is -2.33. The third-order valence-electron chi connectivity index (χ3n) is 3.97. The van der Waals surface area contributed by atoms with Crippen LogP contribution in [0.4, 0.5) is 0 Å². The molecule has 1 N–H and O–H groups in total. The van der Waals surface area contributed by atoms with Crippen LogP contribution in [0.5, 0.6) is 0 Å². The predicted molar refractivity (Wildman–Crippen MR) is 71.9 cm³/mol. The van der Waals surface area contributed by atoms with E-state index in [9.17, 15) is 0 Å². The lowest BCUT2D eigenvalue weighted by molar-refractivity contribution is 0.229. The molecule has 17 heavy (non-hydrogen) atoms. The first kappa shape index (κ1) is 12.6. The van der Waals surface area contributed by atoms with E-state index < -0.39 is 0 Å². The number of rotatable bonds is 4. The van der Waals surface area contributed by atoms with Crippen molar-refractivity contribution in [2.75, 3.05) is 6.54 Å². The highest BCUT2D eigenvalue weighted by molar-refractivity contribution is 5.03. The van der Waals surface area contributed by atoms with Gasteiger partial charge in [0.25, 0.3) is 0 Å². The number of aromatic nitrogens is 1. The minimum atomic E-state index is 0.711. The Morgan fingerprint density at radius 3 is 2.94 bits per heavy atom. The zero-order valence-electron chi connectivity index (χ0n) is 11.0. The Hall–Kier alpha value is -0.890. The maximum absolute atomic E-state index is 4.36. The van der Waals surface area contributed by atoms with Gasteiger partial charge < -0.3 is 5.32 Å². The molecule has 1 fully saturated rings. The molecule has 2 rings (SSSR count). The van der Waals surface area contributed by atoms with Crippen molar-refractivity contribution >= 4 is 0 Å². The number of hydrogen-bond acceptors (Lipinski definition) is 2. The van der Waals surface area contributed by atoms with Gasteiger partial charge >= 0.3 is 0 Å². The third kappa shape index (κ3) is 3.81. The summed E-state index contributed by atoms with van der Waals surface area (Å²) in [5.74, 6) is 1.72. The second-order valence-electron chi connectivity index (χ2n) is 5.53. The number of nitrogens with one attached hydrogen (secondary N) is 1. The van der Waals surface area contributed by atoms with Crippen molar-refractivity contribution in [2.24, 2.45) is 11.8 Å². The van der Waals surface area contributed by atoms with Crippen molar-refractivity contribution in [1.82, 2.24) is 10.3 Å². The molecule has 3 atom stereocenters. The summed E-state index contributed by atoms with van der Waals surface area (Å²) in [6, 6.07) is 6.85. The molecule has 1 heterocycles. The van der Waals surface area contributed by atoms with Crippen molar-refractivity contribution in [3.8, 4) is 0 Å². The Morgan fingerprint density at radius 2 is 2.18 bits per heavy atom. The van der Waals surface area contributed by atoms with Gasteiger partial charge in [0, 0.05) is 30.9 Å². The van der Waals surface area contributed by atoms with Crippen molar-refractivity contribution in [1.29, 1.82) is 0 Å². The van der Waals surface area contributed by atoms with E-state index in [2.05, 4.69) is 36.3 Å². The lowest BCUT2D eigenvalue weighted by atomic mass is 9.80. The minimum Gasteiger partial charge on any atom is -0.313 e. The smallest absolute Gasteiger partial charge is 0.0416 e. The molecule has 2 nitrogen and oxygen atoms in total. The molecular formula is C15H24N2. The number of nitrogens with zero attached hydrogens (tertiary/aromatic N) is 1. The molecule has 1 aliphatic rings. The fourth-order valence-electron chi connectivity index (χ4n) is 2.75. The highest BCUT2D eigenvalue weighted by atomic mass is 14.9. The Balaban J connectivity index is 1.74. The molecule has 1 aromatic heterocycles. The molecule has 94 valence electrons. The molecule has 0 bridgehead atoms. The van der Waals surface area contributed by atoms with Gasteiger partial charge in [0.1, 0.15) is 0 Å². The fourth-order valence-corrected chi connectivity index (χ4v) is 2.75. The van der Waals surface area contributed by atoms with Crippen molar-refractivity contribution in [3.63, 3.8) is 0 Å². The first-order valence-corrected chi connectivity index (χ1v) is 6.89. The second kappa shape index (κ2) is 6.15. The third-order valence-corrected chi connectivity index (χ3v) is 3.97. The standard InChI is InChI=1S/C15H24N2/c1-12-6-7-13(2)15(11-12)17-10-8-14-5-3-4-9-16-14/h3-5,9,12-13,15,17H,6-8,10-11H2,1-2H3. The zero-order chi connectivity index (χ0) is 12.1. The Kier molecular flexibility index (Phi) is 4.55. The van der Waals surface area contributed by atoms with Crippen molar-refractivity contribution < 1.29 is 0 Å². The molecule has 0 amide bonds. The van der Waals surface area contributed by atoms with Crippen molar-refractivity contribution in [3.05, 3.63) is 30.1 Å². The van der Waals surface area contributed by atoms with E-state index in [4.69, 9.17) is 0 Å². The Morgan fingerprint density at radius 1 is 1.29 bits per heavy atom. The average molecular weight is 232 g/mol. The van der Waals surface area contributed by atoms with E-state index in [0.29, 0.717) is 6.04 Å². The number of pyridine rings is 1. The molecule has 1 saturated carbocycles. The molecule has 0 radical (unpaired) electrons. The SMILES string of the molecule is CC1CCC(C)C(NCCc2ccccn2)C1. The van der Waals surface area contributed by atoms with Gasteiger partial charge in [-0.1, -0.05) is 26.3 Å². The van der Waals surface area contributed by atoms with E-state index in [0.717, 1.165) is 24.8 Å². The van der Waals surface area contributed by atoms with E-state index in [1.807, 2.05) is 12.3 Å². The Labute approximate surface area is 105 Å². The minimum absolute atomic E-state index is 0.711. The van der Waals surface area contributed by atoms with Crippen LogP contribution in [0.2, 0.25) is 0 Å². The van der Waals surface area contributed by atoms with Gasteiger partial charge in [0.2, 0.25) is 0 Å². The first-order valence-electron chi connectivity index (χ1n) is 6.89. The van der Waals surface area contributed by atoms with Crippen LogP contribution in [-0.4, -0.2) is 17.6 Å². The highest BCUT2D eigenvalue weighted by Gasteiger charge is 2.24. The van der Waals surface area contributed by atoms with Crippen LogP contribution in [-0.2, 0) is 6.42 Å². The summed E-state index contributed by atoms with van der Waals surface area (Å²) in [4.78, 5) is 4.36. The van der Waals surface area contributed by atoms with Gasteiger partial charge in [-0.3, -0.25) is 4.98 Å². The first-order chi connectivity index (χ1) is 8.25. The van der Waals surface area contributed by atoms with Gasteiger partial charge in [0.15, 0.2) is 0 Å². The van der Waals surface area contributed by atoms with Gasteiger partial charge in [-0.15, -0.1) is 0 Å². The largest absolute Gasteiger partial charge is 0.313 e. The van der Waals surface area contributed by atoms with E-state index in [1.54, 1.807) is 0 Å². The maximum atomic E-state index is 4.36. The molecule has 0 aliphatic heterocycles. The van der Waals surface area contributed by atoms with E-state index in [1.165, 1.54) is 25.0 Å². The average Bonchev–Trinajstić information content (AvgIpc) is 2.35. The second-order valence-corrected chi connectivity index (χ2v) is 5.53. The molecular weight excluding hydrogens is 208 g/mol. The molecule has 1 aromatic rings. The Bertz CT molecular complexity index is 323. The summed E-state index contributed by atoms with van der Waals surface area (Å²) in [6.45, 7) is 5.81. The molecule has 3 unspecified atom stereocenters. The van der Waals surface area contributed by atoms with Crippen LogP contribution in [0.15, 0.2) is 24.4 Å². The monoisotopic (exact) mass is 232 g/mol. The topological polar surface area (TPSA) is 24.9 Å². The van der Waals surface area contributed by atoms with Crippen LogP contribution in [0.1, 0.15) is 38.8 Å². The van der Waals surface area contributed by atoms with Crippen molar-refractivity contribution in [2.45, 2.75) is 45.6 Å². The van der Waals surface area contributed by atoms with Gasteiger partial charge in [-0.05, 0) is 36.8 Å². The predicted octanol–water partition coefficient (Wildman–Crippen LogP) is 3.04. The maximum Gasteiger partial charge on any atom is 0.0416 e. The normalized spacial score (nSPS) is 29.2. The molecule has 0 saturated heterocycles. The molecule has 0 spiro atoms. The fraction of sp³-hybridized carbons (Fsp3) is 0.667. The van der Waals surface area contributed by atoms with E-state index in [-0.39, 0.29) is 0 Å². The highest BCUT2D eigenvalue weighted by Crippen LogP contribution is 2.28. The van der Waals surface area contributed by atoms with Gasteiger partial charge in [-0.2, -0.15) is 0 Å². The zero-order valence-corrected chi connectivity index (χ0v) is 11.0. The summed E-state index contributed by atoms with van der Waals surface area (Å²) >= 11 is 0.